The first-order valence-electron chi connectivity index (χ1n) is 10.6. The van der Waals surface area contributed by atoms with E-state index in [1.807, 2.05) is 24.1 Å². The summed E-state index contributed by atoms with van der Waals surface area (Å²) >= 11 is 0. The summed E-state index contributed by atoms with van der Waals surface area (Å²) in [6.07, 6.45) is 2.97. The van der Waals surface area contributed by atoms with Crippen molar-refractivity contribution >= 4 is 11.6 Å². The summed E-state index contributed by atoms with van der Waals surface area (Å²) in [6.45, 7) is 3.96. The number of amides is 1. The van der Waals surface area contributed by atoms with Gasteiger partial charge >= 0.3 is 0 Å². The molecule has 2 aromatic rings. The summed E-state index contributed by atoms with van der Waals surface area (Å²) < 4.78 is 5.37. The van der Waals surface area contributed by atoms with Gasteiger partial charge in [-0.1, -0.05) is 24.3 Å². The molecular weight excluding hydrogens is 362 g/mol. The van der Waals surface area contributed by atoms with Crippen LogP contribution in [0.25, 0.3) is 11.1 Å². The maximum absolute atomic E-state index is 11.7. The van der Waals surface area contributed by atoms with Gasteiger partial charge in [0.05, 0.1) is 7.11 Å². The largest absolute Gasteiger partial charge is 0.497 e. The van der Waals surface area contributed by atoms with Gasteiger partial charge in [0.15, 0.2) is 0 Å². The smallest absolute Gasteiger partial charge is 0.222 e. The number of carbonyl (C=O) groups excluding carboxylic acids is 1. The van der Waals surface area contributed by atoms with E-state index >= 15 is 0 Å². The summed E-state index contributed by atoms with van der Waals surface area (Å²) in [6, 6.07) is 17.6. The van der Waals surface area contributed by atoms with Crippen molar-refractivity contribution in [2.75, 3.05) is 45.2 Å². The van der Waals surface area contributed by atoms with E-state index in [0.29, 0.717) is 18.4 Å². The summed E-state index contributed by atoms with van der Waals surface area (Å²) in [5.74, 6) is 1.63. The molecule has 1 amide bonds. The Hall–Kier alpha value is -2.53. The first-order valence-corrected chi connectivity index (χ1v) is 10.6. The van der Waals surface area contributed by atoms with Gasteiger partial charge in [-0.2, -0.15) is 0 Å². The number of nitrogens with one attached hydrogen (secondary N) is 1. The van der Waals surface area contributed by atoms with Crippen molar-refractivity contribution in [1.82, 2.24) is 10.2 Å². The number of rotatable bonds is 6. The van der Waals surface area contributed by atoms with Crippen LogP contribution in [0.1, 0.15) is 19.3 Å². The highest BCUT2D eigenvalue weighted by Crippen LogP contribution is 2.29. The number of hydrogen-bond acceptors (Lipinski definition) is 4. The minimum Gasteiger partial charge on any atom is -0.497 e. The van der Waals surface area contributed by atoms with Gasteiger partial charge in [-0.25, -0.2) is 0 Å². The molecule has 0 spiro atoms. The molecule has 154 valence electrons. The van der Waals surface area contributed by atoms with E-state index in [9.17, 15) is 4.79 Å². The highest BCUT2D eigenvalue weighted by molar-refractivity contribution is 5.78. The van der Waals surface area contributed by atoms with Crippen LogP contribution in [-0.2, 0) is 4.79 Å². The molecule has 0 radical (unpaired) electrons. The topological polar surface area (TPSA) is 44.8 Å². The van der Waals surface area contributed by atoms with Crippen LogP contribution in [0.5, 0.6) is 5.75 Å². The molecule has 1 N–H and O–H groups in total. The minimum absolute atomic E-state index is 0.280. The van der Waals surface area contributed by atoms with Crippen molar-refractivity contribution < 1.29 is 9.53 Å². The Morgan fingerprint density at radius 1 is 1.07 bits per heavy atom. The van der Waals surface area contributed by atoms with E-state index in [-0.39, 0.29) is 5.91 Å². The lowest BCUT2D eigenvalue weighted by molar-refractivity contribution is -0.126. The number of piperidine rings is 1. The van der Waals surface area contributed by atoms with Crippen LogP contribution < -0.4 is 15.0 Å². The zero-order valence-electron chi connectivity index (χ0n) is 17.4. The van der Waals surface area contributed by atoms with Crippen LogP contribution in [0, 0.1) is 5.92 Å². The summed E-state index contributed by atoms with van der Waals surface area (Å²) in [4.78, 5) is 16.0. The van der Waals surface area contributed by atoms with E-state index in [4.69, 9.17) is 4.74 Å². The lowest BCUT2D eigenvalue weighted by Gasteiger charge is -2.34. The highest BCUT2D eigenvalue weighted by Gasteiger charge is 2.27. The number of hydrogen-bond donors (Lipinski definition) is 1. The van der Waals surface area contributed by atoms with Crippen molar-refractivity contribution in [3.05, 3.63) is 48.5 Å². The molecule has 29 heavy (non-hydrogen) atoms. The molecule has 2 heterocycles. The Balaban J connectivity index is 1.32. The first kappa shape index (κ1) is 19.8. The van der Waals surface area contributed by atoms with Gasteiger partial charge in [-0.3, -0.25) is 4.79 Å². The van der Waals surface area contributed by atoms with Crippen molar-refractivity contribution in [1.29, 1.82) is 0 Å². The third kappa shape index (κ3) is 4.73. The molecule has 2 aliphatic heterocycles. The SMILES string of the molecule is COc1cccc(-c2cccc(N3CCC(NCC4CC(=O)N(C)C4)CC3)c2)c1. The van der Waals surface area contributed by atoms with Gasteiger partial charge < -0.3 is 19.9 Å². The normalized spacial score (nSPS) is 20.3. The first-order chi connectivity index (χ1) is 14.1. The Kier molecular flexibility index (Phi) is 6.05. The number of likely N-dealkylation sites (tertiary alicyclic amines) is 1. The molecule has 2 aliphatic rings. The molecule has 2 aromatic carbocycles. The van der Waals surface area contributed by atoms with Crippen LogP contribution in [0.3, 0.4) is 0 Å². The van der Waals surface area contributed by atoms with E-state index in [2.05, 4.69) is 46.6 Å². The summed E-state index contributed by atoms with van der Waals surface area (Å²) in [7, 11) is 3.61. The Morgan fingerprint density at radius 3 is 2.48 bits per heavy atom. The number of nitrogens with zero attached hydrogens (tertiary/aromatic N) is 2. The summed E-state index contributed by atoms with van der Waals surface area (Å²) in [5, 5.41) is 3.71. The molecule has 0 bridgehead atoms. The van der Waals surface area contributed by atoms with E-state index in [0.717, 1.165) is 44.8 Å². The molecule has 2 saturated heterocycles. The average Bonchev–Trinajstić information content (AvgIpc) is 3.10. The molecule has 5 heteroatoms. The van der Waals surface area contributed by atoms with Crippen molar-refractivity contribution in [2.24, 2.45) is 5.92 Å². The van der Waals surface area contributed by atoms with Crippen molar-refractivity contribution in [2.45, 2.75) is 25.3 Å². The predicted octanol–water partition coefficient (Wildman–Crippen LogP) is 3.40. The van der Waals surface area contributed by atoms with Crippen molar-refractivity contribution in [3.8, 4) is 16.9 Å². The predicted molar refractivity (Wildman–Crippen MR) is 117 cm³/mol. The molecular formula is C24H31N3O2. The van der Waals surface area contributed by atoms with E-state index < -0.39 is 0 Å². The second-order valence-corrected chi connectivity index (χ2v) is 8.30. The quantitative estimate of drug-likeness (QED) is 0.817. The Morgan fingerprint density at radius 2 is 1.79 bits per heavy atom. The summed E-state index contributed by atoms with van der Waals surface area (Å²) in [5.41, 5.74) is 3.68. The molecule has 5 nitrogen and oxygen atoms in total. The number of ether oxygens (including phenoxy) is 1. The molecule has 1 unspecified atom stereocenters. The van der Waals surface area contributed by atoms with Crippen molar-refractivity contribution in [3.63, 3.8) is 0 Å². The minimum atomic E-state index is 0.280. The lowest BCUT2D eigenvalue weighted by atomic mass is 10.0. The Bertz CT molecular complexity index is 846. The molecule has 0 aromatic heterocycles. The maximum Gasteiger partial charge on any atom is 0.222 e. The van der Waals surface area contributed by atoms with Gasteiger partial charge in [-0.05, 0) is 54.2 Å². The maximum atomic E-state index is 11.7. The Labute approximate surface area is 173 Å². The van der Waals surface area contributed by atoms with Crippen LogP contribution in [0.2, 0.25) is 0 Å². The number of methoxy groups -OCH3 is 1. The number of benzene rings is 2. The van der Waals surface area contributed by atoms with Gasteiger partial charge in [0, 0.05) is 51.4 Å². The molecule has 4 rings (SSSR count). The fraction of sp³-hybridized carbons (Fsp3) is 0.458. The second-order valence-electron chi connectivity index (χ2n) is 8.30. The average molecular weight is 394 g/mol. The lowest BCUT2D eigenvalue weighted by Crippen LogP contribution is -2.44. The standard InChI is InChI=1S/C24H31N3O2/c1-26-17-18(13-24(26)28)16-25-21-9-11-27(12-10-21)22-7-3-5-19(14-22)20-6-4-8-23(15-20)29-2/h3-8,14-15,18,21,25H,9-13,16-17H2,1-2H3. The van der Waals surface area contributed by atoms with Crippen LogP contribution >= 0.6 is 0 Å². The van der Waals surface area contributed by atoms with Gasteiger partial charge in [-0.15, -0.1) is 0 Å². The number of anilines is 1. The third-order valence-electron chi connectivity index (χ3n) is 6.23. The fourth-order valence-electron chi connectivity index (χ4n) is 4.45. The number of carbonyl (C=O) groups is 1. The second kappa shape index (κ2) is 8.87. The fourth-order valence-corrected chi connectivity index (χ4v) is 4.45. The highest BCUT2D eigenvalue weighted by atomic mass is 16.5. The monoisotopic (exact) mass is 393 g/mol. The van der Waals surface area contributed by atoms with Gasteiger partial charge in [0.1, 0.15) is 5.75 Å². The van der Waals surface area contributed by atoms with Crippen LogP contribution in [0.4, 0.5) is 5.69 Å². The van der Waals surface area contributed by atoms with Crippen LogP contribution in [0.15, 0.2) is 48.5 Å². The zero-order chi connectivity index (χ0) is 20.2. The third-order valence-corrected chi connectivity index (χ3v) is 6.23. The van der Waals surface area contributed by atoms with Crippen LogP contribution in [-0.4, -0.2) is 57.2 Å². The molecule has 1 atom stereocenters. The zero-order valence-corrected chi connectivity index (χ0v) is 17.4. The van der Waals surface area contributed by atoms with Gasteiger partial charge in [0.25, 0.3) is 0 Å². The molecule has 2 fully saturated rings. The molecule has 0 saturated carbocycles. The molecule has 0 aliphatic carbocycles. The van der Waals surface area contributed by atoms with Gasteiger partial charge in [0.2, 0.25) is 5.91 Å². The van der Waals surface area contributed by atoms with E-state index in [1.54, 1.807) is 7.11 Å². The van der Waals surface area contributed by atoms with E-state index in [1.165, 1.54) is 16.8 Å².